The third-order valence-corrected chi connectivity index (χ3v) is 3.61. The second-order valence-corrected chi connectivity index (χ2v) is 5.26. The molecule has 0 radical (unpaired) electrons. The van der Waals surface area contributed by atoms with Gasteiger partial charge < -0.3 is 9.47 Å². The lowest BCUT2D eigenvalue weighted by molar-refractivity contribution is -0.130. The molecule has 1 aliphatic heterocycles. The zero-order valence-electron chi connectivity index (χ0n) is 13.2. The highest BCUT2D eigenvalue weighted by Gasteiger charge is 2.27. The van der Waals surface area contributed by atoms with Crippen LogP contribution in [0, 0.1) is 5.82 Å². The number of nitrogens with zero attached hydrogens (tertiary/aromatic N) is 1. The lowest BCUT2D eigenvalue weighted by Crippen LogP contribution is -2.42. The van der Waals surface area contributed by atoms with Crippen molar-refractivity contribution in [3.8, 4) is 11.5 Å². The van der Waals surface area contributed by atoms with E-state index in [0.717, 1.165) is 5.56 Å². The molecule has 0 saturated heterocycles. The Bertz CT molecular complexity index is 759. The van der Waals surface area contributed by atoms with E-state index < -0.39 is 12.0 Å². The van der Waals surface area contributed by atoms with Gasteiger partial charge in [-0.2, -0.15) is 5.10 Å². The van der Waals surface area contributed by atoms with E-state index in [1.54, 1.807) is 24.3 Å². The number of carbonyl (C=O) groups is 1. The average molecular weight is 328 g/mol. The molecule has 0 aromatic heterocycles. The maximum absolute atomic E-state index is 13.0. The number of rotatable bonds is 4. The lowest BCUT2D eigenvalue weighted by Gasteiger charge is -2.24. The smallest absolute Gasteiger partial charge is 0.284 e. The molecule has 0 fully saturated rings. The zero-order valence-corrected chi connectivity index (χ0v) is 13.2. The number of ether oxygens (including phenoxy) is 2. The molecule has 0 unspecified atom stereocenters. The Labute approximate surface area is 139 Å². The summed E-state index contributed by atoms with van der Waals surface area (Å²) in [4.78, 5) is 12.2. The fraction of sp³-hybridized carbons (Fsp3) is 0.222. The lowest BCUT2D eigenvalue weighted by atomic mass is 10.1. The number of para-hydroxylation sites is 2. The van der Waals surface area contributed by atoms with Crippen LogP contribution in [-0.2, 0) is 4.79 Å². The highest BCUT2D eigenvalue weighted by molar-refractivity contribution is 6.01. The molecule has 124 valence electrons. The number of hydrogen-bond acceptors (Lipinski definition) is 4. The predicted molar refractivity (Wildman–Crippen MR) is 87.7 cm³/mol. The van der Waals surface area contributed by atoms with Gasteiger partial charge in [0.25, 0.3) is 5.91 Å². The molecule has 0 bridgehead atoms. The summed E-state index contributed by atoms with van der Waals surface area (Å²) in [7, 11) is 0. The topological polar surface area (TPSA) is 59.9 Å². The van der Waals surface area contributed by atoms with E-state index in [0.29, 0.717) is 23.6 Å². The van der Waals surface area contributed by atoms with Gasteiger partial charge in [-0.1, -0.05) is 31.2 Å². The van der Waals surface area contributed by atoms with E-state index in [4.69, 9.17) is 9.47 Å². The standard InChI is InChI=1S/C18H17FN2O3/c1-2-14(12-7-9-13(19)10-8-12)20-21-18(22)17-11-23-15-5-3-4-6-16(15)24-17/h3-10,17H,2,11H2,1H3,(H,21,22)/b20-14-/t17-/m0/s1. The maximum atomic E-state index is 13.0. The van der Waals surface area contributed by atoms with Gasteiger partial charge >= 0.3 is 0 Å². The fourth-order valence-electron chi connectivity index (χ4n) is 2.33. The van der Waals surface area contributed by atoms with Crippen LogP contribution in [0.15, 0.2) is 53.6 Å². The number of fused-ring (bicyclic) bond motifs is 1. The van der Waals surface area contributed by atoms with Crippen LogP contribution in [0.5, 0.6) is 11.5 Å². The van der Waals surface area contributed by atoms with Gasteiger partial charge in [-0.05, 0) is 36.2 Å². The van der Waals surface area contributed by atoms with Gasteiger partial charge in [0.2, 0.25) is 6.10 Å². The fourth-order valence-corrected chi connectivity index (χ4v) is 2.33. The molecular weight excluding hydrogens is 311 g/mol. The molecule has 1 amide bonds. The summed E-state index contributed by atoms with van der Waals surface area (Å²) >= 11 is 0. The number of nitrogens with one attached hydrogen (secondary N) is 1. The first-order valence-corrected chi connectivity index (χ1v) is 7.68. The monoisotopic (exact) mass is 328 g/mol. The number of amides is 1. The Morgan fingerprint density at radius 1 is 1.21 bits per heavy atom. The van der Waals surface area contributed by atoms with E-state index in [-0.39, 0.29) is 12.4 Å². The van der Waals surface area contributed by atoms with E-state index in [1.807, 2.05) is 19.1 Å². The molecule has 5 nitrogen and oxygen atoms in total. The molecule has 0 saturated carbocycles. The molecule has 0 aliphatic carbocycles. The summed E-state index contributed by atoms with van der Waals surface area (Å²) in [6.07, 6.45) is -0.175. The van der Waals surface area contributed by atoms with Crippen LogP contribution in [0.3, 0.4) is 0 Å². The van der Waals surface area contributed by atoms with Crippen molar-refractivity contribution in [3.05, 3.63) is 59.9 Å². The van der Waals surface area contributed by atoms with Crippen LogP contribution in [-0.4, -0.2) is 24.3 Å². The van der Waals surface area contributed by atoms with Crippen molar-refractivity contribution >= 4 is 11.6 Å². The maximum Gasteiger partial charge on any atom is 0.284 e. The van der Waals surface area contributed by atoms with Crippen molar-refractivity contribution in [2.24, 2.45) is 5.10 Å². The van der Waals surface area contributed by atoms with Crippen LogP contribution >= 0.6 is 0 Å². The van der Waals surface area contributed by atoms with Gasteiger partial charge in [-0.25, -0.2) is 9.82 Å². The van der Waals surface area contributed by atoms with Crippen LogP contribution < -0.4 is 14.9 Å². The third-order valence-electron chi connectivity index (χ3n) is 3.61. The number of hydrogen-bond donors (Lipinski definition) is 1. The number of halogens is 1. The highest BCUT2D eigenvalue weighted by atomic mass is 19.1. The first-order chi connectivity index (χ1) is 11.7. The van der Waals surface area contributed by atoms with Crippen molar-refractivity contribution in [1.29, 1.82) is 0 Å². The summed E-state index contributed by atoms with van der Waals surface area (Å²) in [6.45, 7) is 2.03. The van der Waals surface area contributed by atoms with Gasteiger partial charge in [0, 0.05) is 0 Å². The number of benzene rings is 2. The molecule has 24 heavy (non-hydrogen) atoms. The molecule has 1 aliphatic rings. The predicted octanol–water partition coefficient (Wildman–Crippen LogP) is 2.90. The highest BCUT2D eigenvalue weighted by Crippen LogP contribution is 2.30. The Kier molecular flexibility index (Phi) is 4.74. The molecule has 0 spiro atoms. The summed E-state index contributed by atoms with van der Waals surface area (Å²) in [6, 6.07) is 13.1. The SMILES string of the molecule is CC/C(=N/NC(=O)[C@@H]1COc2ccccc2O1)c1ccc(F)cc1. The zero-order chi connectivity index (χ0) is 16.9. The number of hydrazone groups is 1. The van der Waals surface area contributed by atoms with Crippen LogP contribution in [0.25, 0.3) is 0 Å². The van der Waals surface area contributed by atoms with E-state index in [2.05, 4.69) is 10.5 Å². The van der Waals surface area contributed by atoms with Crippen molar-refractivity contribution in [1.82, 2.24) is 5.43 Å². The Balaban J connectivity index is 1.67. The van der Waals surface area contributed by atoms with Crippen LogP contribution in [0.1, 0.15) is 18.9 Å². The first kappa shape index (κ1) is 16.0. The summed E-state index contributed by atoms with van der Waals surface area (Å²) < 4.78 is 24.1. The second-order valence-electron chi connectivity index (χ2n) is 5.26. The molecule has 1 N–H and O–H groups in total. The largest absolute Gasteiger partial charge is 0.485 e. The Morgan fingerprint density at radius 3 is 2.62 bits per heavy atom. The molecule has 2 aromatic rings. The van der Waals surface area contributed by atoms with Gasteiger partial charge in [-0.3, -0.25) is 4.79 Å². The first-order valence-electron chi connectivity index (χ1n) is 7.68. The van der Waals surface area contributed by atoms with Crippen molar-refractivity contribution in [2.45, 2.75) is 19.4 Å². The van der Waals surface area contributed by atoms with Gasteiger partial charge in [-0.15, -0.1) is 0 Å². The average Bonchev–Trinajstić information content (AvgIpc) is 2.63. The van der Waals surface area contributed by atoms with Gasteiger partial charge in [0.05, 0.1) is 5.71 Å². The summed E-state index contributed by atoms with van der Waals surface area (Å²) in [5.41, 5.74) is 3.91. The van der Waals surface area contributed by atoms with E-state index in [9.17, 15) is 9.18 Å². The van der Waals surface area contributed by atoms with E-state index in [1.165, 1.54) is 12.1 Å². The minimum absolute atomic E-state index is 0.121. The van der Waals surface area contributed by atoms with Gasteiger partial charge in [0.15, 0.2) is 11.5 Å². The quantitative estimate of drug-likeness (QED) is 0.693. The third kappa shape index (κ3) is 3.53. The van der Waals surface area contributed by atoms with Crippen molar-refractivity contribution < 1.29 is 18.7 Å². The van der Waals surface area contributed by atoms with Crippen molar-refractivity contribution in [2.75, 3.05) is 6.61 Å². The molecule has 2 aromatic carbocycles. The normalized spacial score (nSPS) is 16.6. The Hall–Kier alpha value is -2.89. The minimum Gasteiger partial charge on any atom is -0.485 e. The number of carbonyl (C=O) groups excluding carboxylic acids is 1. The van der Waals surface area contributed by atoms with Crippen molar-refractivity contribution in [3.63, 3.8) is 0 Å². The second kappa shape index (κ2) is 7.12. The molecule has 1 atom stereocenters. The molecular formula is C18H17FN2O3. The molecule has 6 heteroatoms. The Morgan fingerprint density at radius 2 is 1.92 bits per heavy atom. The summed E-state index contributed by atoms with van der Waals surface area (Å²) in [5.74, 6) is 0.440. The molecule has 1 heterocycles. The van der Waals surface area contributed by atoms with Gasteiger partial charge in [0.1, 0.15) is 12.4 Å². The summed E-state index contributed by atoms with van der Waals surface area (Å²) in [5, 5.41) is 4.13. The van der Waals surface area contributed by atoms with Crippen LogP contribution in [0.4, 0.5) is 4.39 Å². The van der Waals surface area contributed by atoms with E-state index >= 15 is 0 Å². The minimum atomic E-state index is -0.769. The van der Waals surface area contributed by atoms with Crippen LogP contribution in [0.2, 0.25) is 0 Å². The molecule has 3 rings (SSSR count).